The maximum Gasteiger partial charge on any atom is 0.416 e. The fourth-order valence-corrected chi connectivity index (χ4v) is 7.46. The van der Waals surface area contributed by atoms with Crippen LogP contribution in [0.15, 0.2) is 40.8 Å². The smallest absolute Gasteiger partial charge is 0.416 e. The highest BCUT2D eigenvalue weighted by Gasteiger charge is 2.47. The van der Waals surface area contributed by atoms with Crippen molar-refractivity contribution in [3.05, 3.63) is 63.2 Å². The first-order valence-electron chi connectivity index (χ1n) is 16.2. The van der Waals surface area contributed by atoms with Gasteiger partial charge in [0.2, 0.25) is 0 Å². The van der Waals surface area contributed by atoms with Gasteiger partial charge in [0.1, 0.15) is 28.9 Å². The highest BCUT2D eigenvalue weighted by atomic mass is 35.5. The van der Waals surface area contributed by atoms with Crippen LogP contribution in [0.1, 0.15) is 54.2 Å². The fraction of sp³-hybridized carbons (Fsp3) is 0.515. The number of amides is 1. The summed E-state index contributed by atoms with van der Waals surface area (Å²) in [5, 5.41) is 10.3. The van der Waals surface area contributed by atoms with E-state index in [0.717, 1.165) is 25.5 Å². The number of hydrogen-bond donors (Lipinski definition) is 3. The molecule has 3 saturated heterocycles. The summed E-state index contributed by atoms with van der Waals surface area (Å²) >= 11 is 6.63. The molecule has 0 bridgehead atoms. The molecule has 6 rings (SSSR count). The van der Waals surface area contributed by atoms with Crippen molar-refractivity contribution in [1.29, 1.82) is 5.41 Å². The van der Waals surface area contributed by atoms with Crippen LogP contribution in [-0.2, 0) is 28.7 Å². The Kier molecular flexibility index (Phi) is 9.90. The Morgan fingerprint density at radius 2 is 2.06 bits per heavy atom. The van der Waals surface area contributed by atoms with Crippen LogP contribution < -0.4 is 20.7 Å². The zero-order valence-corrected chi connectivity index (χ0v) is 28.1. The number of ether oxygens (including phenoxy) is 2. The van der Waals surface area contributed by atoms with E-state index in [1.54, 1.807) is 14.1 Å². The van der Waals surface area contributed by atoms with Crippen molar-refractivity contribution in [2.75, 3.05) is 64.1 Å². The van der Waals surface area contributed by atoms with Crippen LogP contribution >= 0.6 is 11.6 Å². The summed E-state index contributed by atoms with van der Waals surface area (Å²) in [5.74, 6) is -0.0598. The molecule has 1 amide bonds. The molecule has 4 aliphatic rings. The van der Waals surface area contributed by atoms with Crippen LogP contribution in [0.4, 0.5) is 29.1 Å². The van der Waals surface area contributed by atoms with Crippen LogP contribution in [0.5, 0.6) is 6.01 Å². The summed E-state index contributed by atoms with van der Waals surface area (Å²) in [6.45, 7) is 2.87. The summed E-state index contributed by atoms with van der Waals surface area (Å²) < 4.78 is 68.1. The minimum atomic E-state index is -4.62. The summed E-state index contributed by atoms with van der Waals surface area (Å²) in [4.78, 5) is 27.6. The molecule has 264 valence electrons. The molecule has 0 unspecified atom stereocenters. The number of aromatic nitrogens is 2. The summed E-state index contributed by atoms with van der Waals surface area (Å²) in [7, 11) is 3.09. The predicted octanol–water partition coefficient (Wildman–Crippen LogP) is 3.69. The first-order valence-corrected chi connectivity index (χ1v) is 16.6. The molecular weight excluding hydrogens is 668 g/mol. The van der Waals surface area contributed by atoms with Crippen LogP contribution in [0.25, 0.3) is 0 Å². The van der Waals surface area contributed by atoms with E-state index in [4.69, 9.17) is 42.2 Å². The number of nitrogen functional groups attached to an aromatic ring is 1. The predicted molar refractivity (Wildman–Crippen MR) is 175 cm³/mol. The molecule has 3 fully saturated rings. The lowest BCUT2D eigenvalue weighted by Crippen LogP contribution is -2.83. The van der Waals surface area contributed by atoms with E-state index < -0.39 is 29.3 Å². The Hall–Kier alpha value is -3.79. The molecule has 0 spiro atoms. The van der Waals surface area contributed by atoms with E-state index in [-0.39, 0.29) is 54.2 Å². The molecule has 0 saturated carbocycles. The Morgan fingerprint density at radius 3 is 2.80 bits per heavy atom. The summed E-state index contributed by atoms with van der Waals surface area (Å²) in [6.07, 6.45) is -1.94. The monoisotopic (exact) mass is 707 g/mol. The van der Waals surface area contributed by atoms with E-state index >= 15 is 0 Å². The normalized spacial score (nSPS) is 24.8. The van der Waals surface area contributed by atoms with Gasteiger partial charge < -0.3 is 30.3 Å². The second-order valence-corrected chi connectivity index (χ2v) is 13.6. The third-order valence-electron chi connectivity index (χ3n) is 9.71. The van der Waals surface area contributed by atoms with Gasteiger partial charge in [0.15, 0.2) is 0 Å². The van der Waals surface area contributed by atoms with Crippen molar-refractivity contribution >= 4 is 34.7 Å². The van der Waals surface area contributed by atoms with Gasteiger partial charge in [-0.1, -0.05) is 11.6 Å². The standard InChI is InChI=1S/C33H39ClF4N8O3/c1-44(2)30(47)28(40)27(34)25-16-45(9-4-8-41-25)29-22-17-48-26(21-11-20(39)5-6-23(21)33(36,37)38)12-24(22)42-31(43-29)49-18-32-7-3-10-46(32)15-19(13-32)14-35/h5-6,11,14,26,40-41H,3-4,7-10,12-13,15-18,39H2,1-2H3/p+1/b19-14-,27-25+,40-28?/t26-,32-/m0/s1. The fourth-order valence-electron chi connectivity index (χ4n) is 7.24. The largest absolute Gasteiger partial charge is 0.461 e. The van der Waals surface area contributed by atoms with Crippen molar-refractivity contribution in [1.82, 2.24) is 19.8 Å². The molecule has 0 radical (unpaired) electrons. The molecule has 2 atom stereocenters. The van der Waals surface area contributed by atoms with Crippen LogP contribution in [0.3, 0.4) is 0 Å². The average Bonchev–Trinajstić information content (AvgIpc) is 3.52. The Labute approximate surface area is 286 Å². The van der Waals surface area contributed by atoms with Crippen molar-refractivity contribution < 1.29 is 37.1 Å². The Balaban J connectivity index is 1.37. The maximum absolute atomic E-state index is 14.1. The third kappa shape index (κ3) is 7.12. The number of rotatable bonds is 7. The summed E-state index contributed by atoms with van der Waals surface area (Å²) in [6, 6.07) is 3.51. The van der Waals surface area contributed by atoms with Gasteiger partial charge in [0.25, 0.3) is 5.91 Å². The van der Waals surface area contributed by atoms with E-state index in [9.17, 15) is 22.4 Å². The van der Waals surface area contributed by atoms with Crippen molar-refractivity contribution in [2.45, 2.75) is 56.5 Å². The quantitative estimate of drug-likeness (QED) is 0.225. The number of carbonyl (C=O) groups excluding carboxylic acids is 1. The lowest BCUT2D eigenvalue weighted by Gasteiger charge is -2.33. The number of fused-ring (bicyclic) bond motifs is 2. The number of carbonyl (C=O) groups is 1. The second kappa shape index (κ2) is 13.8. The van der Waals surface area contributed by atoms with Gasteiger partial charge >= 0.3 is 12.2 Å². The number of hydrogen-bond acceptors (Lipinski definition) is 9. The van der Waals surface area contributed by atoms with Crippen molar-refractivity contribution in [3.63, 3.8) is 0 Å². The number of quaternary nitrogens is 1. The molecule has 5 N–H and O–H groups in total. The van der Waals surface area contributed by atoms with Crippen LogP contribution in [0.2, 0.25) is 0 Å². The lowest BCUT2D eigenvalue weighted by atomic mass is 9.94. The van der Waals surface area contributed by atoms with E-state index in [1.807, 2.05) is 10.2 Å². The lowest BCUT2D eigenvalue weighted by molar-refractivity contribution is -0.605. The zero-order chi connectivity index (χ0) is 35.1. The number of alkyl halides is 3. The van der Waals surface area contributed by atoms with Gasteiger partial charge in [0.05, 0.1) is 48.9 Å². The minimum absolute atomic E-state index is 0.00511. The number of benzene rings is 1. The van der Waals surface area contributed by atoms with Gasteiger partial charge in [-0.15, -0.1) is 0 Å². The first kappa shape index (κ1) is 35.1. The van der Waals surface area contributed by atoms with E-state index in [2.05, 4.69) is 4.90 Å². The zero-order valence-electron chi connectivity index (χ0n) is 27.4. The number of nitrogens with two attached hydrogens (primary N) is 2. The molecule has 49 heavy (non-hydrogen) atoms. The highest BCUT2D eigenvalue weighted by molar-refractivity contribution is 6.58. The Morgan fingerprint density at radius 1 is 1.27 bits per heavy atom. The van der Waals surface area contributed by atoms with E-state index in [0.29, 0.717) is 67.2 Å². The summed E-state index contributed by atoms with van der Waals surface area (Å²) in [5.41, 5.74) is 6.82. The molecule has 4 aliphatic heterocycles. The molecule has 2 aromatic rings. The number of nitrogens with zero attached hydrogens (tertiary/aromatic N) is 5. The molecule has 5 heterocycles. The molecule has 1 aromatic carbocycles. The highest BCUT2D eigenvalue weighted by Crippen LogP contribution is 2.43. The molecule has 11 nitrogen and oxygen atoms in total. The molecule has 1 aromatic heterocycles. The van der Waals surface area contributed by atoms with Gasteiger partial charge in [-0.25, -0.2) is 4.39 Å². The Bertz CT molecular complexity index is 1700. The molecule has 16 heteroatoms. The molecule has 0 aliphatic carbocycles. The number of nitrogens with one attached hydrogen (secondary N) is 1. The number of halogens is 5. The van der Waals surface area contributed by atoms with Gasteiger partial charge in [0, 0.05) is 51.3 Å². The van der Waals surface area contributed by atoms with Crippen molar-refractivity contribution in [3.8, 4) is 6.01 Å². The number of anilines is 2. The first-order chi connectivity index (χ1) is 23.3. The van der Waals surface area contributed by atoms with Crippen LogP contribution in [-0.4, -0.2) is 90.4 Å². The molecular formula is C33H40ClF4N8O3+. The SMILES string of the molecule is CN(C)C(=O)C(=N)/C(Cl)=C1/CN(c2nc(OC[C@@]34CCCN3C/C(=C\F)C4)nc3c2CO[C@H](c2cc(N)ccc2C(F)(F)F)C3)CCC[NH2+]1. The minimum Gasteiger partial charge on any atom is -0.461 e. The van der Waals surface area contributed by atoms with Crippen molar-refractivity contribution in [2.24, 2.45) is 0 Å². The average molecular weight is 708 g/mol. The third-order valence-corrected chi connectivity index (χ3v) is 10.1. The van der Waals surface area contributed by atoms with Gasteiger partial charge in [-0.2, -0.15) is 23.1 Å². The van der Waals surface area contributed by atoms with E-state index in [1.165, 1.54) is 17.0 Å². The topological polar surface area (TPSA) is 138 Å². The second-order valence-electron chi connectivity index (χ2n) is 13.3. The van der Waals surface area contributed by atoms with Crippen LogP contribution in [0, 0.1) is 5.41 Å². The van der Waals surface area contributed by atoms with Gasteiger partial charge in [-0.3, -0.25) is 15.1 Å². The maximum atomic E-state index is 14.1. The van der Waals surface area contributed by atoms with Gasteiger partial charge in [-0.05, 0) is 55.1 Å².